The highest BCUT2D eigenvalue weighted by Gasteiger charge is 2.05. The van der Waals surface area contributed by atoms with E-state index in [1.807, 2.05) is 31.4 Å². The quantitative estimate of drug-likeness (QED) is 0.489. The molecule has 8 nitrogen and oxygen atoms in total. The minimum absolute atomic E-state index is 0.500. The standard InChI is InChI=1S/C13H14N8/c1-21-8-10(7-17-21)18-13-16-5-3-11(19-13)9-2-4-15-12(6-9)20-14/h2-8H,14H2,1H3,(H,15,20)(H,16,18,19). The molecule has 3 rings (SSSR count). The van der Waals surface area contributed by atoms with Gasteiger partial charge in [0.2, 0.25) is 5.95 Å². The number of nitrogens with one attached hydrogen (secondary N) is 2. The van der Waals surface area contributed by atoms with Crippen LogP contribution < -0.4 is 16.6 Å². The van der Waals surface area contributed by atoms with Crippen molar-refractivity contribution in [1.29, 1.82) is 0 Å². The molecule has 0 aromatic carbocycles. The summed E-state index contributed by atoms with van der Waals surface area (Å²) in [6.07, 6.45) is 6.91. The molecule has 3 heterocycles. The summed E-state index contributed by atoms with van der Waals surface area (Å²) < 4.78 is 1.70. The van der Waals surface area contributed by atoms with Crippen molar-refractivity contribution < 1.29 is 0 Å². The van der Waals surface area contributed by atoms with Gasteiger partial charge in [0.1, 0.15) is 5.82 Å². The van der Waals surface area contributed by atoms with Crippen molar-refractivity contribution in [2.45, 2.75) is 0 Å². The number of hydrazine groups is 1. The van der Waals surface area contributed by atoms with Crippen LogP contribution in [0.3, 0.4) is 0 Å². The van der Waals surface area contributed by atoms with Gasteiger partial charge < -0.3 is 10.7 Å². The Morgan fingerprint density at radius 3 is 2.81 bits per heavy atom. The summed E-state index contributed by atoms with van der Waals surface area (Å²) in [6.45, 7) is 0. The van der Waals surface area contributed by atoms with E-state index in [9.17, 15) is 0 Å². The Hall–Kier alpha value is -3.00. The van der Waals surface area contributed by atoms with Crippen molar-refractivity contribution in [1.82, 2.24) is 24.7 Å². The van der Waals surface area contributed by atoms with E-state index in [0.29, 0.717) is 11.8 Å². The average molecular weight is 282 g/mol. The molecule has 0 aliphatic rings. The van der Waals surface area contributed by atoms with Gasteiger partial charge in [0, 0.05) is 31.2 Å². The van der Waals surface area contributed by atoms with Crippen molar-refractivity contribution in [3.8, 4) is 11.3 Å². The molecule has 3 aromatic heterocycles. The molecule has 0 saturated heterocycles. The molecule has 0 aliphatic heterocycles. The molecule has 106 valence electrons. The van der Waals surface area contributed by atoms with Crippen LogP contribution >= 0.6 is 0 Å². The first-order valence-electron chi connectivity index (χ1n) is 6.26. The molecule has 0 bridgehead atoms. The number of anilines is 3. The maximum absolute atomic E-state index is 5.36. The highest BCUT2D eigenvalue weighted by atomic mass is 15.3. The summed E-state index contributed by atoms with van der Waals surface area (Å²) in [5.74, 6) is 6.44. The normalized spacial score (nSPS) is 10.4. The third-order valence-electron chi connectivity index (χ3n) is 2.82. The Kier molecular flexibility index (Phi) is 3.44. The molecule has 8 heteroatoms. The van der Waals surface area contributed by atoms with Crippen molar-refractivity contribution >= 4 is 17.5 Å². The number of pyridine rings is 1. The molecule has 21 heavy (non-hydrogen) atoms. The zero-order chi connectivity index (χ0) is 14.7. The number of nitrogens with zero attached hydrogens (tertiary/aromatic N) is 5. The van der Waals surface area contributed by atoms with Gasteiger partial charge in [0.25, 0.3) is 0 Å². The van der Waals surface area contributed by atoms with Crippen molar-refractivity contribution in [2.75, 3.05) is 10.7 Å². The third kappa shape index (κ3) is 2.95. The predicted octanol–water partition coefficient (Wildman–Crippen LogP) is 1.30. The summed E-state index contributed by atoms with van der Waals surface area (Å²) in [7, 11) is 1.85. The predicted molar refractivity (Wildman–Crippen MR) is 79.6 cm³/mol. The lowest BCUT2D eigenvalue weighted by atomic mass is 10.2. The van der Waals surface area contributed by atoms with Crippen LogP contribution in [-0.4, -0.2) is 24.7 Å². The summed E-state index contributed by atoms with van der Waals surface area (Å²) in [5.41, 5.74) is 5.01. The highest BCUT2D eigenvalue weighted by Crippen LogP contribution is 2.20. The van der Waals surface area contributed by atoms with Gasteiger partial charge in [-0.05, 0) is 18.2 Å². The van der Waals surface area contributed by atoms with Gasteiger partial charge in [0.05, 0.1) is 17.6 Å². The number of nitrogens with two attached hydrogens (primary N) is 1. The Bertz CT molecular complexity index is 751. The van der Waals surface area contributed by atoms with E-state index in [0.717, 1.165) is 16.9 Å². The molecule has 0 amide bonds. The van der Waals surface area contributed by atoms with E-state index in [1.165, 1.54) is 0 Å². The Labute approximate surface area is 121 Å². The topological polar surface area (TPSA) is 107 Å². The van der Waals surface area contributed by atoms with Crippen LogP contribution in [0.5, 0.6) is 0 Å². The molecule has 0 radical (unpaired) electrons. The van der Waals surface area contributed by atoms with Gasteiger partial charge in [0.15, 0.2) is 0 Å². The van der Waals surface area contributed by atoms with Gasteiger partial charge in [-0.25, -0.2) is 20.8 Å². The first kappa shape index (κ1) is 13.0. The van der Waals surface area contributed by atoms with E-state index < -0.39 is 0 Å². The molecule has 0 spiro atoms. The van der Waals surface area contributed by atoms with Crippen LogP contribution in [0.15, 0.2) is 43.0 Å². The summed E-state index contributed by atoms with van der Waals surface area (Å²) in [4.78, 5) is 12.7. The second kappa shape index (κ2) is 5.55. The van der Waals surface area contributed by atoms with Gasteiger partial charge in [-0.2, -0.15) is 5.10 Å². The lowest BCUT2D eigenvalue weighted by Gasteiger charge is -2.06. The van der Waals surface area contributed by atoms with Gasteiger partial charge in [-0.1, -0.05) is 0 Å². The second-order valence-corrected chi connectivity index (χ2v) is 4.37. The summed E-state index contributed by atoms with van der Waals surface area (Å²) in [6, 6.07) is 5.50. The summed E-state index contributed by atoms with van der Waals surface area (Å²) >= 11 is 0. The maximum atomic E-state index is 5.36. The monoisotopic (exact) mass is 282 g/mol. The summed E-state index contributed by atoms with van der Waals surface area (Å²) in [5, 5.41) is 7.19. The maximum Gasteiger partial charge on any atom is 0.227 e. The fourth-order valence-electron chi connectivity index (χ4n) is 1.86. The molecule has 0 unspecified atom stereocenters. The average Bonchev–Trinajstić information content (AvgIpc) is 2.93. The Balaban J connectivity index is 1.88. The first-order chi connectivity index (χ1) is 10.2. The SMILES string of the molecule is Cn1cc(Nc2nccc(-c3ccnc(NN)c3)n2)cn1. The smallest absolute Gasteiger partial charge is 0.227 e. The zero-order valence-corrected chi connectivity index (χ0v) is 11.4. The van der Waals surface area contributed by atoms with Crippen molar-refractivity contribution in [2.24, 2.45) is 12.9 Å². The van der Waals surface area contributed by atoms with Crippen LogP contribution in [-0.2, 0) is 7.05 Å². The van der Waals surface area contributed by atoms with Gasteiger partial charge >= 0.3 is 0 Å². The minimum Gasteiger partial charge on any atom is -0.321 e. The molecule has 0 aliphatic carbocycles. The van der Waals surface area contributed by atoms with E-state index in [4.69, 9.17) is 5.84 Å². The zero-order valence-electron chi connectivity index (χ0n) is 11.4. The Morgan fingerprint density at radius 2 is 2.05 bits per heavy atom. The number of aryl methyl sites for hydroxylation is 1. The number of rotatable bonds is 4. The van der Waals surface area contributed by atoms with E-state index in [-0.39, 0.29) is 0 Å². The highest BCUT2D eigenvalue weighted by molar-refractivity contribution is 5.64. The number of hydrogen-bond donors (Lipinski definition) is 3. The van der Waals surface area contributed by atoms with E-state index in [2.05, 4.69) is 30.8 Å². The second-order valence-electron chi connectivity index (χ2n) is 4.37. The van der Waals surface area contributed by atoms with Crippen molar-refractivity contribution in [3.05, 3.63) is 43.0 Å². The molecular formula is C13H14N8. The Morgan fingerprint density at radius 1 is 1.19 bits per heavy atom. The number of aromatic nitrogens is 5. The van der Waals surface area contributed by atoms with Crippen molar-refractivity contribution in [3.63, 3.8) is 0 Å². The van der Waals surface area contributed by atoms with Crippen LogP contribution in [0.1, 0.15) is 0 Å². The number of hydrogen-bond acceptors (Lipinski definition) is 7. The molecule has 4 N–H and O–H groups in total. The molecular weight excluding hydrogens is 268 g/mol. The third-order valence-corrected chi connectivity index (χ3v) is 2.82. The lowest BCUT2D eigenvalue weighted by molar-refractivity contribution is 0.768. The number of nitrogen functional groups attached to an aromatic ring is 1. The fourth-order valence-corrected chi connectivity index (χ4v) is 1.86. The van der Waals surface area contributed by atoms with E-state index >= 15 is 0 Å². The minimum atomic E-state index is 0.500. The molecule has 0 fully saturated rings. The van der Waals surface area contributed by atoms with Crippen LogP contribution in [0.4, 0.5) is 17.5 Å². The largest absolute Gasteiger partial charge is 0.321 e. The molecule has 0 saturated carbocycles. The van der Waals surface area contributed by atoms with Gasteiger partial charge in [-0.15, -0.1) is 0 Å². The molecule has 3 aromatic rings. The fraction of sp³-hybridized carbons (Fsp3) is 0.0769. The lowest BCUT2D eigenvalue weighted by Crippen LogP contribution is -2.08. The van der Waals surface area contributed by atoms with Gasteiger partial charge in [-0.3, -0.25) is 4.68 Å². The van der Waals surface area contributed by atoms with Crippen LogP contribution in [0, 0.1) is 0 Å². The van der Waals surface area contributed by atoms with Crippen LogP contribution in [0.25, 0.3) is 11.3 Å². The first-order valence-corrected chi connectivity index (χ1v) is 6.26. The van der Waals surface area contributed by atoms with E-state index in [1.54, 1.807) is 23.3 Å². The molecule has 0 atom stereocenters. The van der Waals surface area contributed by atoms with Crippen LogP contribution in [0.2, 0.25) is 0 Å².